The maximum Gasteiger partial charge on any atom is 0.237 e. The van der Waals surface area contributed by atoms with Crippen molar-refractivity contribution in [2.24, 2.45) is 11.8 Å². The Bertz CT molecular complexity index is 421. The number of piperidine rings is 1. The molecule has 2 amide bonds. The van der Waals surface area contributed by atoms with Gasteiger partial charge in [0.2, 0.25) is 11.8 Å². The lowest BCUT2D eigenvalue weighted by atomic mass is 9.97. The molecule has 2 heterocycles. The van der Waals surface area contributed by atoms with Crippen LogP contribution < -0.4 is 16.0 Å². The molecular formula is C18H34N4O2. The highest BCUT2D eigenvalue weighted by Crippen LogP contribution is 2.16. The molecule has 0 radical (unpaired) electrons. The number of likely N-dealkylation sites (tertiary alicyclic amines) is 1. The van der Waals surface area contributed by atoms with Crippen LogP contribution in [-0.2, 0) is 9.59 Å². The number of nitrogens with one attached hydrogen (secondary N) is 3. The number of carbonyl (C=O) groups is 2. The van der Waals surface area contributed by atoms with E-state index in [9.17, 15) is 9.59 Å². The molecule has 2 aliphatic heterocycles. The van der Waals surface area contributed by atoms with Gasteiger partial charge in [0.25, 0.3) is 0 Å². The molecule has 6 nitrogen and oxygen atoms in total. The average Bonchev–Trinajstić information content (AvgIpc) is 3.07. The number of rotatable bonds is 7. The van der Waals surface area contributed by atoms with Crippen LogP contribution in [0.2, 0.25) is 0 Å². The Balaban J connectivity index is 1.69. The first kappa shape index (κ1) is 19.2. The van der Waals surface area contributed by atoms with Gasteiger partial charge in [-0.1, -0.05) is 13.8 Å². The minimum Gasteiger partial charge on any atom is -0.354 e. The van der Waals surface area contributed by atoms with Gasteiger partial charge in [0.05, 0.1) is 12.6 Å². The molecule has 3 atom stereocenters. The van der Waals surface area contributed by atoms with Crippen molar-refractivity contribution in [1.82, 2.24) is 20.9 Å². The highest BCUT2D eigenvalue weighted by atomic mass is 16.2. The first-order valence-electron chi connectivity index (χ1n) is 9.48. The molecule has 2 saturated heterocycles. The van der Waals surface area contributed by atoms with Crippen LogP contribution in [0.5, 0.6) is 0 Å². The highest BCUT2D eigenvalue weighted by Gasteiger charge is 2.25. The molecule has 0 aromatic heterocycles. The first-order valence-corrected chi connectivity index (χ1v) is 9.48. The average molecular weight is 338 g/mol. The van der Waals surface area contributed by atoms with Crippen molar-refractivity contribution in [3.8, 4) is 0 Å². The number of hydrogen-bond acceptors (Lipinski definition) is 4. The lowest BCUT2D eigenvalue weighted by molar-refractivity contribution is -0.124. The SMILES string of the molecule is CC(C)C(C)NC(=O)CN1CCCC(CNC(=O)C2CCCN2)C1. The zero-order valence-electron chi connectivity index (χ0n) is 15.4. The van der Waals surface area contributed by atoms with E-state index < -0.39 is 0 Å². The Morgan fingerprint density at radius 1 is 1.21 bits per heavy atom. The number of amides is 2. The molecule has 138 valence electrons. The third kappa shape index (κ3) is 6.06. The summed E-state index contributed by atoms with van der Waals surface area (Å²) in [6, 6.07) is 0.198. The monoisotopic (exact) mass is 338 g/mol. The highest BCUT2D eigenvalue weighted by molar-refractivity contribution is 5.82. The van der Waals surface area contributed by atoms with Crippen molar-refractivity contribution in [3.63, 3.8) is 0 Å². The Morgan fingerprint density at radius 2 is 2.00 bits per heavy atom. The summed E-state index contributed by atoms with van der Waals surface area (Å²) >= 11 is 0. The van der Waals surface area contributed by atoms with Gasteiger partial charge in [-0.05, 0) is 57.5 Å². The fraction of sp³-hybridized carbons (Fsp3) is 0.889. The summed E-state index contributed by atoms with van der Waals surface area (Å²) in [6.45, 7) is 10.3. The third-order valence-corrected chi connectivity index (χ3v) is 5.30. The van der Waals surface area contributed by atoms with Crippen LogP contribution in [0.3, 0.4) is 0 Å². The minimum absolute atomic E-state index is 0.00649. The second-order valence-electron chi connectivity index (χ2n) is 7.74. The lowest BCUT2D eigenvalue weighted by Crippen LogP contribution is -2.48. The topological polar surface area (TPSA) is 73.5 Å². The number of carbonyl (C=O) groups excluding carboxylic acids is 2. The summed E-state index contributed by atoms with van der Waals surface area (Å²) in [5.74, 6) is 1.13. The molecular weight excluding hydrogens is 304 g/mol. The molecule has 2 rings (SSSR count). The van der Waals surface area contributed by atoms with Crippen LogP contribution in [0.25, 0.3) is 0 Å². The second-order valence-corrected chi connectivity index (χ2v) is 7.74. The minimum atomic E-state index is -0.00649. The van der Waals surface area contributed by atoms with Crippen LogP contribution in [0, 0.1) is 11.8 Å². The van der Waals surface area contributed by atoms with E-state index in [2.05, 4.69) is 34.7 Å². The first-order chi connectivity index (χ1) is 11.5. The van der Waals surface area contributed by atoms with Crippen LogP contribution in [-0.4, -0.2) is 61.5 Å². The molecule has 2 aliphatic rings. The maximum absolute atomic E-state index is 12.1. The second kappa shape index (κ2) is 9.37. The lowest BCUT2D eigenvalue weighted by Gasteiger charge is -2.33. The summed E-state index contributed by atoms with van der Waals surface area (Å²) in [7, 11) is 0. The Labute approximate surface area is 146 Å². The van der Waals surface area contributed by atoms with Crippen molar-refractivity contribution in [3.05, 3.63) is 0 Å². The van der Waals surface area contributed by atoms with Crippen molar-refractivity contribution >= 4 is 11.8 Å². The quantitative estimate of drug-likeness (QED) is 0.640. The number of nitrogens with zero attached hydrogens (tertiary/aromatic N) is 1. The Hall–Kier alpha value is -1.14. The maximum atomic E-state index is 12.1. The van der Waals surface area contributed by atoms with Crippen LogP contribution in [0.15, 0.2) is 0 Å². The molecule has 3 N–H and O–H groups in total. The van der Waals surface area contributed by atoms with Crippen molar-refractivity contribution in [2.75, 3.05) is 32.7 Å². The summed E-state index contributed by atoms with van der Waals surface area (Å²) < 4.78 is 0. The van der Waals surface area contributed by atoms with E-state index in [1.807, 2.05) is 6.92 Å². The van der Waals surface area contributed by atoms with Crippen LogP contribution in [0.4, 0.5) is 0 Å². The molecule has 0 aromatic carbocycles. The zero-order valence-corrected chi connectivity index (χ0v) is 15.4. The zero-order chi connectivity index (χ0) is 17.5. The van der Waals surface area contributed by atoms with Gasteiger partial charge in [0.15, 0.2) is 0 Å². The molecule has 3 unspecified atom stereocenters. The van der Waals surface area contributed by atoms with Crippen molar-refractivity contribution < 1.29 is 9.59 Å². The van der Waals surface area contributed by atoms with Gasteiger partial charge in [-0.15, -0.1) is 0 Å². The summed E-state index contributed by atoms with van der Waals surface area (Å²) in [5, 5.41) is 9.39. The van der Waals surface area contributed by atoms with E-state index in [-0.39, 0.29) is 23.9 Å². The fourth-order valence-corrected chi connectivity index (χ4v) is 3.41. The fourth-order valence-electron chi connectivity index (χ4n) is 3.41. The van der Waals surface area contributed by atoms with Gasteiger partial charge >= 0.3 is 0 Å². The van der Waals surface area contributed by atoms with Gasteiger partial charge in [0, 0.05) is 19.1 Å². The summed E-state index contributed by atoms with van der Waals surface area (Å²) in [5.41, 5.74) is 0. The molecule has 0 saturated carbocycles. The molecule has 0 aromatic rings. The van der Waals surface area contributed by atoms with Crippen LogP contribution >= 0.6 is 0 Å². The van der Waals surface area contributed by atoms with E-state index >= 15 is 0 Å². The van der Waals surface area contributed by atoms with E-state index in [0.717, 1.165) is 51.9 Å². The van der Waals surface area contributed by atoms with E-state index in [4.69, 9.17) is 0 Å². The van der Waals surface area contributed by atoms with E-state index in [0.29, 0.717) is 18.4 Å². The third-order valence-electron chi connectivity index (χ3n) is 5.30. The smallest absolute Gasteiger partial charge is 0.237 e. The van der Waals surface area contributed by atoms with Gasteiger partial charge in [0.1, 0.15) is 0 Å². The molecule has 2 fully saturated rings. The van der Waals surface area contributed by atoms with E-state index in [1.54, 1.807) is 0 Å². The molecule has 0 aliphatic carbocycles. The summed E-state index contributed by atoms with van der Waals surface area (Å²) in [4.78, 5) is 26.4. The summed E-state index contributed by atoms with van der Waals surface area (Å²) in [6.07, 6.45) is 4.24. The van der Waals surface area contributed by atoms with Gasteiger partial charge in [-0.25, -0.2) is 0 Å². The van der Waals surface area contributed by atoms with Gasteiger partial charge < -0.3 is 16.0 Å². The van der Waals surface area contributed by atoms with Crippen molar-refractivity contribution in [1.29, 1.82) is 0 Å². The molecule has 0 spiro atoms. The molecule has 0 bridgehead atoms. The largest absolute Gasteiger partial charge is 0.354 e. The predicted octanol–water partition coefficient (Wildman–Crippen LogP) is 0.727. The van der Waals surface area contributed by atoms with Gasteiger partial charge in [-0.3, -0.25) is 14.5 Å². The van der Waals surface area contributed by atoms with Gasteiger partial charge in [-0.2, -0.15) is 0 Å². The molecule has 6 heteroatoms. The Morgan fingerprint density at radius 3 is 2.67 bits per heavy atom. The van der Waals surface area contributed by atoms with E-state index in [1.165, 1.54) is 0 Å². The molecule has 24 heavy (non-hydrogen) atoms. The Kier molecular flexibility index (Phi) is 7.49. The number of hydrogen-bond donors (Lipinski definition) is 3. The predicted molar refractivity (Wildman–Crippen MR) is 95.6 cm³/mol. The normalized spacial score (nSPS) is 26.3. The standard InChI is InChI=1S/C18H34N4O2/c1-13(2)14(3)21-17(23)12-22-9-5-6-15(11-22)10-20-18(24)16-7-4-8-19-16/h13-16,19H,4-12H2,1-3H3,(H,20,24)(H,21,23). The van der Waals surface area contributed by atoms with Crippen LogP contribution in [0.1, 0.15) is 46.5 Å². The van der Waals surface area contributed by atoms with Crippen molar-refractivity contribution in [2.45, 2.75) is 58.5 Å².